The summed E-state index contributed by atoms with van der Waals surface area (Å²) in [6.07, 6.45) is 3.42. The van der Waals surface area contributed by atoms with E-state index in [4.69, 9.17) is 4.74 Å². The predicted molar refractivity (Wildman–Crippen MR) is 85.0 cm³/mol. The molecule has 1 heterocycles. The van der Waals surface area contributed by atoms with Crippen molar-refractivity contribution in [1.82, 2.24) is 10.2 Å². The zero-order valence-corrected chi connectivity index (χ0v) is 12.8. The number of nitrogens with zero attached hydrogens (tertiary/aromatic N) is 1. The lowest BCUT2D eigenvalue weighted by atomic mass is 10.0. The number of amides is 1. The minimum Gasteiger partial charge on any atom is -0.379 e. The second-order valence-corrected chi connectivity index (χ2v) is 5.87. The van der Waals surface area contributed by atoms with Gasteiger partial charge in [0.2, 0.25) is 5.91 Å². The van der Waals surface area contributed by atoms with Gasteiger partial charge in [-0.15, -0.1) is 0 Å². The summed E-state index contributed by atoms with van der Waals surface area (Å²) >= 11 is 0. The van der Waals surface area contributed by atoms with Gasteiger partial charge >= 0.3 is 0 Å². The zero-order valence-electron chi connectivity index (χ0n) is 12.8. The number of ether oxygens (including phenoxy) is 1. The smallest absolute Gasteiger partial charge is 0.244 e. The van der Waals surface area contributed by atoms with Gasteiger partial charge in [-0.1, -0.05) is 30.3 Å². The van der Waals surface area contributed by atoms with Gasteiger partial charge in [0.15, 0.2) is 0 Å². The third-order valence-electron chi connectivity index (χ3n) is 3.79. The van der Waals surface area contributed by atoms with Crippen LogP contribution < -0.4 is 5.32 Å². The fraction of sp³-hybridized carbons (Fsp3) is 0.471. The summed E-state index contributed by atoms with van der Waals surface area (Å²) in [5.41, 5.74) is 0.972. The number of nitrogens with one attached hydrogen (secondary N) is 1. The maximum absolute atomic E-state index is 11.9. The van der Waals surface area contributed by atoms with E-state index in [0.29, 0.717) is 6.54 Å². The summed E-state index contributed by atoms with van der Waals surface area (Å²) in [6, 6.07) is 9.82. The van der Waals surface area contributed by atoms with Crippen molar-refractivity contribution in [1.29, 1.82) is 0 Å². The molecule has 1 amide bonds. The van der Waals surface area contributed by atoms with Crippen molar-refractivity contribution in [3.05, 3.63) is 42.0 Å². The molecule has 0 bridgehead atoms. The van der Waals surface area contributed by atoms with Crippen LogP contribution in [0.15, 0.2) is 36.4 Å². The first kappa shape index (κ1) is 15.7. The van der Waals surface area contributed by atoms with Crippen molar-refractivity contribution in [3.8, 4) is 0 Å². The zero-order chi connectivity index (χ0) is 15.1. The first-order valence-corrected chi connectivity index (χ1v) is 7.42. The monoisotopic (exact) mass is 288 g/mol. The van der Waals surface area contributed by atoms with Crippen molar-refractivity contribution >= 4 is 12.0 Å². The Morgan fingerprint density at radius 2 is 1.95 bits per heavy atom. The highest BCUT2D eigenvalue weighted by atomic mass is 16.5. The van der Waals surface area contributed by atoms with Crippen LogP contribution >= 0.6 is 0 Å². The van der Waals surface area contributed by atoms with Gasteiger partial charge in [0.25, 0.3) is 0 Å². The standard InChI is InChI=1S/C17H24N2O2/c1-17(2,19-10-12-21-13-11-19)14-18-16(20)9-8-15-6-4-3-5-7-15/h3-9H,10-14H2,1-2H3,(H,18,20)/b9-8+. The molecule has 2 rings (SSSR count). The molecule has 0 saturated carbocycles. The number of hydrogen-bond acceptors (Lipinski definition) is 3. The molecule has 0 unspecified atom stereocenters. The summed E-state index contributed by atoms with van der Waals surface area (Å²) in [5, 5.41) is 2.98. The quantitative estimate of drug-likeness (QED) is 0.842. The summed E-state index contributed by atoms with van der Waals surface area (Å²) in [5.74, 6) is -0.0554. The first-order chi connectivity index (χ1) is 10.1. The van der Waals surface area contributed by atoms with Crippen LogP contribution in [0.1, 0.15) is 19.4 Å². The third-order valence-corrected chi connectivity index (χ3v) is 3.79. The van der Waals surface area contributed by atoms with Crippen LogP contribution in [-0.4, -0.2) is 49.2 Å². The van der Waals surface area contributed by atoms with E-state index in [1.807, 2.05) is 36.4 Å². The molecular formula is C17H24N2O2. The molecule has 1 N–H and O–H groups in total. The van der Waals surface area contributed by atoms with Gasteiger partial charge < -0.3 is 10.1 Å². The highest BCUT2D eigenvalue weighted by molar-refractivity contribution is 5.91. The largest absolute Gasteiger partial charge is 0.379 e. The summed E-state index contributed by atoms with van der Waals surface area (Å²) in [6.45, 7) is 8.31. The van der Waals surface area contributed by atoms with Crippen molar-refractivity contribution in [2.75, 3.05) is 32.8 Å². The lowest BCUT2D eigenvalue weighted by Gasteiger charge is -2.40. The Hall–Kier alpha value is -1.65. The van der Waals surface area contributed by atoms with E-state index < -0.39 is 0 Å². The number of carbonyl (C=O) groups is 1. The molecule has 1 aliphatic heterocycles. The van der Waals surface area contributed by atoms with Gasteiger partial charge in [-0.3, -0.25) is 9.69 Å². The topological polar surface area (TPSA) is 41.6 Å². The van der Waals surface area contributed by atoms with Gasteiger partial charge in [0, 0.05) is 31.2 Å². The predicted octanol–water partition coefficient (Wildman–Crippen LogP) is 1.93. The first-order valence-electron chi connectivity index (χ1n) is 7.42. The molecule has 1 fully saturated rings. The molecule has 0 spiro atoms. The van der Waals surface area contributed by atoms with Crippen molar-refractivity contribution < 1.29 is 9.53 Å². The molecule has 4 heteroatoms. The minimum absolute atomic E-state index is 0.0554. The molecule has 1 aromatic carbocycles. The van der Waals surface area contributed by atoms with Crippen LogP contribution in [0.25, 0.3) is 6.08 Å². The van der Waals surface area contributed by atoms with Crippen molar-refractivity contribution in [2.45, 2.75) is 19.4 Å². The molecule has 0 radical (unpaired) electrons. The highest BCUT2D eigenvalue weighted by Gasteiger charge is 2.28. The Labute approximate surface area is 126 Å². The average Bonchev–Trinajstić information content (AvgIpc) is 2.53. The molecule has 0 aromatic heterocycles. The number of morpholine rings is 1. The maximum Gasteiger partial charge on any atom is 0.244 e. The van der Waals surface area contributed by atoms with E-state index in [1.54, 1.807) is 6.08 Å². The molecule has 21 heavy (non-hydrogen) atoms. The van der Waals surface area contributed by atoms with Crippen LogP contribution in [0, 0.1) is 0 Å². The molecule has 0 atom stereocenters. The Morgan fingerprint density at radius 3 is 2.62 bits per heavy atom. The lowest BCUT2D eigenvalue weighted by Crippen LogP contribution is -2.55. The van der Waals surface area contributed by atoms with E-state index in [0.717, 1.165) is 31.9 Å². The van der Waals surface area contributed by atoms with Gasteiger partial charge in [0.05, 0.1) is 13.2 Å². The molecule has 0 aliphatic carbocycles. The molecule has 114 valence electrons. The lowest BCUT2D eigenvalue weighted by molar-refractivity contribution is -0.117. The average molecular weight is 288 g/mol. The fourth-order valence-electron chi connectivity index (χ4n) is 2.38. The van der Waals surface area contributed by atoms with E-state index in [-0.39, 0.29) is 11.4 Å². The Balaban J connectivity index is 1.81. The Bertz CT molecular complexity index is 477. The van der Waals surface area contributed by atoms with Gasteiger partial charge in [-0.2, -0.15) is 0 Å². The Morgan fingerprint density at radius 1 is 1.29 bits per heavy atom. The number of rotatable bonds is 5. The van der Waals surface area contributed by atoms with E-state index in [2.05, 4.69) is 24.1 Å². The van der Waals surface area contributed by atoms with Crippen LogP contribution in [0.4, 0.5) is 0 Å². The van der Waals surface area contributed by atoms with Crippen molar-refractivity contribution in [3.63, 3.8) is 0 Å². The summed E-state index contributed by atoms with van der Waals surface area (Å²) < 4.78 is 5.37. The normalized spacial score (nSPS) is 17.0. The van der Waals surface area contributed by atoms with Crippen LogP contribution in [0.2, 0.25) is 0 Å². The minimum atomic E-state index is -0.0555. The molecule has 1 aliphatic rings. The van der Waals surface area contributed by atoms with Gasteiger partial charge in [0.1, 0.15) is 0 Å². The fourth-order valence-corrected chi connectivity index (χ4v) is 2.38. The van der Waals surface area contributed by atoms with Crippen LogP contribution in [0.3, 0.4) is 0 Å². The number of hydrogen-bond donors (Lipinski definition) is 1. The molecule has 4 nitrogen and oxygen atoms in total. The number of benzene rings is 1. The molecule has 1 aromatic rings. The highest BCUT2D eigenvalue weighted by Crippen LogP contribution is 2.15. The van der Waals surface area contributed by atoms with Crippen molar-refractivity contribution in [2.24, 2.45) is 0 Å². The van der Waals surface area contributed by atoms with Crippen LogP contribution in [-0.2, 0) is 9.53 Å². The molecule has 1 saturated heterocycles. The maximum atomic E-state index is 11.9. The number of carbonyl (C=O) groups excluding carboxylic acids is 1. The third kappa shape index (κ3) is 4.99. The SMILES string of the molecule is CC(C)(CNC(=O)/C=C/c1ccccc1)N1CCOCC1. The summed E-state index contributed by atoms with van der Waals surface area (Å²) in [7, 11) is 0. The Kier molecular flexibility index (Phi) is 5.53. The molecular weight excluding hydrogens is 264 g/mol. The van der Waals surface area contributed by atoms with E-state index >= 15 is 0 Å². The van der Waals surface area contributed by atoms with E-state index in [9.17, 15) is 4.79 Å². The van der Waals surface area contributed by atoms with Gasteiger partial charge in [-0.25, -0.2) is 0 Å². The second kappa shape index (κ2) is 7.38. The van der Waals surface area contributed by atoms with Gasteiger partial charge in [-0.05, 0) is 25.5 Å². The second-order valence-electron chi connectivity index (χ2n) is 5.87. The van der Waals surface area contributed by atoms with Crippen LogP contribution in [0.5, 0.6) is 0 Å². The summed E-state index contributed by atoms with van der Waals surface area (Å²) in [4.78, 5) is 14.3. The van der Waals surface area contributed by atoms with E-state index in [1.165, 1.54) is 0 Å².